The van der Waals surface area contributed by atoms with Crippen LogP contribution in [0.25, 0.3) is 0 Å². The first-order chi connectivity index (χ1) is 13.7. The van der Waals surface area contributed by atoms with E-state index in [0.29, 0.717) is 0 Å². The van der Waals surface area contributed by atoms with Crippen LogP contribution in [0, 0.1) is 5.92 Å². The van der Waals surface area contributed by atoms with Crippen LogP contribution in [0.3, 0.4) is 0 Å². The van der Waals surface area contributed by atoms with Crippen LogP contribution in [-0.2, 0) is 9.16 Å². The smallest absolute Gasteiger partial charge is 0.217 e. The Hall–Kier alpha value is -1.39. The lowest BCUT2D eigenvalue weighted by atomic mass is 9.83. The van der Waals surface area contributed by atoms with E-state index in [4.69, 9.17) is 14.2 Å². The average molecular weight is 414 g/mol. The first kappa shape index (κ1) is 22.3. The van der Waals surface area contributed by atoms with Crippen LogP contribution in [0.1, 0.15) is 64.9 Å². The van der Waals surface area contributed by atoms with E-state index in [1.165, 1.54) is 32.1 Å². The molecule has 2 aliphatic rings. The average Bonchev–Trinajstić information content (AvgIpc) is 2.69. The molecular weight excluding hydrogens is 374 g/mol. The van der Waals surface area contributed by atoms with Crippen molar-refractivity contribution >= 4 is 14.2 Å². The zero-order valence-corrected chi connectivity index (χ0v) is 20.0. The molecule has 1 saturated carbocycles. The molecule has 1 aliphatic carbocycles. The standard InChI is InChI=1S/C25H39NO2Si/c1-7-22-23(28-29(5,6)25(2,3)4)21(18-19-14-10-8-11-15-19)26-24(27-22)20-16-12-9-13-17-20/h7,9,12-13,16-17,19,21-23H,1,8,10-11,14-15,18H2,2-6H3/t21-,22+,23+/m0/s1. The van der Waals surface area contributed by atoms with E-state index in [2.05, 4.69) is 52.6 Å². The normalized spacial score (nSPS) is 26.5. The van der Waals surface area contributed by atoms with Crippen LogP contribution < -0.4 is 0 Å². The number of nitrogens with zero attached hydrogens (tertiary/aromatic N) is 1. The topological polar surface area (TPSA) is 30.8 Å². The van der Waals surface area contributed by atoms with Crippen LogP contribution >= 0.6 is 0 Å². The molecule has 1 aromatic rings. The van der Waals surface area contributed by atoms with Crippen molar-refractivity contribution in [2.45, 2.75) is 95.7 Å². The number of hydrogen-bond donors (Lipinski definition) is 0. The molecule has 1 fully saturated rings. The highest BCUT2D eigenvalue weighted by Gasteiger charge is 2.45. The fourth-order valence-corrected chi connectivity index (χ4v) is 5.51. The molecule has 0 radical (unpaired) electrons. The van der Waals surface area contributed by atoms with Crippen LogP contribution in [0.15, 0.2) is 48.0 Å². The molecule has 3 atom stereocenters. The van der Waals surface area contributed by atoms with Crippen molar-refractivity contribution in [3.8, 4) is 0 Å². The second-order valence-electron chi connectivity index (χ2n) is 10.3. The molecule has 4 heteroatoms. The Morgan fingerprint density at radius 1 is 1.14 bits per heavy atom. The third-order valence-corrected chi connectivity index (χ3v) is 11.5. The Kier molecular flexibility index (Phi) is 7.05. The number of hydrogen-bond acceptors (Lipinski definition) is 3. The van der Waals surface area contributed by atoms with Crippen LogP contribution in [0.5, 0.6) is 0 Å². The Morgan fingerprint density at radius 3 is 2.38 bits per heavy atom. The van der Waals surface area contributed by atoms with Crippen molar-refractivity contribution in [3.05, 3.63) is 48.6 Å². The van der Waals surface area contributed by atoms with Gasteiger partial charge in [0.05, 0.1) is 6.04 Å². The molecule has 0 aromatic heterocycles. The monoisotopic (exact) mass is 413 g/mol. The highest BCUT2D eigenvalue weighted by atomic mass is 28.4. The van der Waals surface area contributed by atoms with E-state index in [1.807, 2.05) is 24.3 Å². The second kappa shape index (κ2) is 9.17. The lowest BCUT2D eigenvalue weighted by Gasteiger charge is -2.44. The van der Waals surface area contributed by atoms with Gasteiger partial charge < -0.3 is 9.16 Å². The maximum Gasteiger partial charge on any atom is 0.217 e. The fraction of sp³-hybridized carbons (Fsp3) is 0.640. The first-order valence-corrected chi connectivity index (χ1v) is 14.2. The lowest BCUT2D eigenvalue weighted by molar-refractivity contribution is 0.0252. The molecule has 0 saturated heterocycles. The van der Waals surface area contributed by atoms with Crippen LogP contribution in [0.4, 0.5) is 0 Å². The summed E-state index contributed by atoms with van der Waals surface area (Å²) in [6.45, 7) is 15.6. The van der Waals surface area contributed by atoms with Gasteiger partial charge in [0.1, 0.15) is 12.2 Å². The molecule has 3 rings (SSSR count). The van der Waals surface area contributed by atoms with Gasteiger partial charge in [0.2, 0.25) is 5.90 Å². The number of rotatable bonds is 6. The van der Waals surface area contributed by atoms with Crippen LogP contribution in [0.2, 0.25) is 18.1 Å². The largest absolute Gasteiger partial charge is 0.467 e. The van der Waals surface area contributed by atoms with Gasteiger partial charge in [-0.25, -0.2) is 4.99 Å². The van der Waals surface area contributed by atoms with E-state index < -0.39 is 8.32 Å². The predicted molar refractivity (Wildman–Crippen MR) is 125 cm³/mol. The van der Waals surface area contributed by atoms with Crippen molar-refractivity contribution < 1.29 is 9.16 Å². The maximum absolute atomic E-state index is 6.92. The molecule has 1 heterocycles. The zero-order valence-electron chi connectivity index (χ0n) is 19.0. The molecule has 0 amide bonds. The first-order valence-electron chi connectivity index (χ1n) is 11.3. The molecule has 0 spiro atoms. The molecule has 3 nitrogen and oxygen atoms in total. The third-order valence-electron chi connectivity index (χ3n) is 7.02. The highest BCUT2D eigenvalue weighted by molar-refractivity contribution is 6.74. The second-order valence-corrected chi connectivity index (χ2v) is 15.0. The Labute approximate surface area is 178 Å². The van der Waals surface area contributed by atoms with Crippen molar-refractivity contribution in [3.63, 3.8) is 0 Å². The summed E-state index contributed by atoms with van der Waals surface area (Å²) in [5.74, 6) is 1.48. The van der Waals surface area contributed by atoms with Gasteiger partial charge in [-0.2, -0.15) is 0 Å². The molecule has 29 heavy (non-hydrogen) atoms. The fourth-order valence-electron chi connectivity index (χ4n) is 4.19. The van der Waals surface area contributed by atoms with Gasteiger partial charge in [-0.3, -0.25) is 0 Å². The van der Waals surface area contributed by atoms with E-state index in [1.54, 1.807) is 0 Å². The molecule has 1 aromatic carbocycles. The predicted octanol–water partition coefficient (Wildman–Crippen LogP) is 6.75. The third kappa shape index (κ3) is 5.40. The summed E-state index contributed by atoms with van der Waals surface area (Å²) in [6.07, 6.45) is 9.50. The quantitative estimate of drug-likeness (QED) is 0.381. The summed E-state index contributed by atoms with van der Waals surface area (Å²) in [7, 11) is -1.96. The minimum absolute atomic E-state index is 0.0530. The zero-order chi connectivity index (χ0) is 21.1. The van der Waals surface area contributed by atoms with Gasteiger partial charge in [0.15, 0.2) is 8.32 Å². The highest BCUT2D eigenvalue weighted by Crippen LogP contribution is 2.40. The Balaban J connectivity index is 1.92. The molecule has 0 N–H and O–H groups in total. The summed E-state index contributed by atoms with van der Waals surface area (Å²) >= 11 is 0. The van der Waals surface area contributed by atoms with E-state index in [0.717, 1.165) is 23.8 Å². The van der Waals surface area contributed by atoms with Crippen molar-refractivity contribution in [1.29, 1.82) is 0 Å². The summed E-state index contributed by atoms with van der Waals surface area (Å²) in [5.41, 5.74) is 1.04. The SMILES string of the molecule is C=C[C@H]1OC(c2ccccc2)=N[C@@H](CC2CCCCC2)[C@H]1O[Si](C)(C)C(C)(C)C. The number of benzene rings is 1. The van der Waals surface area contributed by atoms with Gasteiger partial charge in [-0.1, -0.05) is 77.7 Å². The van der Waals surface area contributed by atoms with Crippen molar-refractivity contribution in [2.24, 2.45) is 10.9 Å². The number of aliphatic imine (C=N–C) groups is 1. The van der Waals surface area contributed by atoms with E-state index in [9.17, 15) is 0 Å². The lowest BCUT2D eigenvalue weighted by Crippen LogP contribution is -2.53. The van der Waals surface area contributed by atoms with Crippen LogP contribution in [-0.4, -0.2) is 32.5 Å². The summed E-state index contributed by atoms with van der Waals surface area (Å²) in [4.78, 5) is 5.14. The molecule has 160 valence electrons. The van der Waals surface area contributed by atoms with E-state index in [-0.39, 0.29) is 23.3 Å². The maximum atomic E-state index is 6.92. The van der Waals surface area contributed by atoms with Crippen molar-refractivity contribution in [2.75, 3.05) is 0 Å². The Morgan fingerprint density at radius 2 is 1.79 bits per heavy atom. The van der Waals surface area contributed by atoms with Gasteiger partial charge in [-0.15, -0.1) is 0 Å². The Bertz CT molecular complexity index is 701. The molecule has 1 aliphatic heterocycles. The van der Waals surface area contributed by atoms with E-state index >= 15 is 0 Å². The van der Waals surface area contributed by atoms with Crippen molar-refractivity contribution in [1.82, 2.24) is 0 Å². The van der Waals surface area contributed by atoms with Gasteiger partial charge in [0.25, 0.3) is 0 Å². The van der Waals surface area contributed by atoms with Gasteiger partial charge in [-0.05, 0) is 48.7 Å². The van der Waals surface area contributed by atoms with Gasteiger partial charge in [0, 0.05) is 5.56 Å². The molecule has 0 unspecified atom stereocenters. The summed E-state index contributed by atoms with van der Waals surface area (Å²) in [5, 5.41) is 0.150. The minimum atomic E-state index is -1.96. The van der Waals surface area contributed by atoms with Gasteiger partial charge >= 0.3 is 0 Å². The summed E-state index contributed by atoms with van der Waals surface area (Å²) < 4.78 is 13.3. The molecule has 0 bridgehead atoms. The summed E-state index contributed by atoms with van der Waals surface area (Å²) in [6, 6.07) is 10.4. The number of ether oxygens (including phenoxy) is 1. The minimum Gasteiger partial charge on any atom is -0.467 e. The molecular formula is C25H39NO2Si.